The van der Waals surface area contributed by atoms with Crippen molar-refractivity contribution < 1.29 is 9.53 Å². The maximum atomic E-state index is 10.6. The molecule has 0 aliphatic rings. The van der Waals surface area contributed by atoms with E-state index in [1.807, 2.05) is 7.05 Å². The maximum Gasteiger partial charge on any atom is 0.331 e. The van der Waals surface area contributed by atoms with E-state index in [2.05, 4.69) is 15.2 Å². The Kier molecular flexibility index (Phi) is 3.08. The van der Waals surface area contributed by atoms with E-state index in [1.165, 1.54) is 19.4 Å². The average Bonchev–Trinajstić information content (AvgIpc) is 2.51. The second-order valence-corrected chi connectivity index (χ2v) is 2.38. The number of carbonyl (C=O) groups excluding carboxylic acids is 1. The molecule has 0 aliphatic heterocycles. The number of aromatic nitrogens is 2. The Bertz CT molecular complexity index is 317. The molecule has 5 nitrogen and oxygen atoms in total. The van der Waals surface area contributed by atoms with Crippen LogP contribution in [0.3, 0.4) is 0 Å². The number of hydrogen-bond donors (Lipinski definition) is 1. The molecule has 0 spiro atoms. The van der Waals surface area contributed by atoms with E-state index in [-0.39, 0.29) is 0 Å². The van der Waals surface area contributed by atoms with Gasteiger partial charge in [0.05, 0.1) is 7.11 Å². The molecule has 0 amide bonds. The minimum atomic E-state index is -0.400. The quantitative estimate of drug-likeness (QED) is 0.545. The average molecular weight is 181 g/mol. The Labute approximate surface area is 76.0 Å². The number of esters is 1. The molecule has 0 aliphatic carbocycles. The molecule has 0 saturated heterocycles. The highest BCUT2D eigenvalue weighted by molar-refractivity contribution is 5.82. The first-order valence-electron chi connectivity index (χ1n) is 3.73. The normalized spacial score (nSPS) is 10.3. The minimum absolute atomic E-state index is 0.400. The van der Waals surface area contributed by atoms with Crippen LogP contribution in [-0.2, 0) is 16.6 Å². The molecule has 1 rings (SSSR count). The van der Waals surface area contributed by atoms with Gasteiger partial charge in [-0.3, -0.25) is 4.68 Å². The van der Waals surface area contributed by atoms with E-state index in [1.54, 1.807) is 16.9 Å². The highest BCUT2D eigenvalue weighted by Gasteiger charge is 1.92. The van der Waals surface area contributed by atoms with Crippen LogP contribution in [0, 0.1) is 0 Å². The number of nitrogens with one attached hydrogen (secondary N) is 1. The fourth-order valence-corrected chi connectivity index (χ4v) is 0.755. The minimum Gasteiger partial charge on any atom is -0.466 e. The zero-order chi connectivity index (χ0) is 9.68. The van der Waals surface area contributed by atoms with Gasteiger partial charge in [0.25, 0.3) is 0 Å². The second kappa shape index (κ2) is 4.30. The Balaban J connectivity index is 2.43. The van der Waals surface area contributed by atoms with Crippen molar-refractivity contribution in [2.75, 3.05) is 12.4 Å². The zero-order valence-electron chi connectivity index (χ0n) is 7.52. The molecule has 0 radical (unpaired) electrons. The van der Waals surface area contributed by atoms with E-state index in [0.29, 0.717) is 5.82 Å². The van der Waals surface area contributed by atoms with Gasteiger partial charge < -0.3 is 10.1 Å². The van der Waals surface area contributed by atoms with Gasteiger partial charge in [0.2, 0.25) is 0 Å². The van der Waals surface area contributed by atoms with Crippen molar-refractivity contribution in [1.29, 1.82) is 0 Å². The van der Waals surface area contributed by atoms with Gasteiger partial charge in [-0.1, -0.05) is 0 Å². The first-order chi connectivity index (χ1) is 6.22. The van der Waals surface area contributed by atoms with E-state index in [0.717, 1.165) is 0 Å². The van der Waals surface area contributed by atoms with Crippen LogP contribution in [-0.4, -0.2) is 22.9 Å². The van der Waals surface area contributed by atoms with Crippen LogP contribution in [0.25, 0.3) is 0 Å². The first kappa shape index (κ1) is 9.31. The zero-order valence-corrected chi connectivity index (χ0v) is 7.52. The molecular formula is C8H11N3O2. The topological polar surface area (TPSA) is 56.1 Å². The summed E-state index contributed by atoms with van der Waals surface area (Å²) in [7, 11) is 3.14. The molecule has 1 aromatic rings. The van der Waals surface area contributed by atoms with Gasteiger partial charge >= 0.3 is 5.97 Å². The standard InChI is InChI=1S/C8H11N3O2/c1-11-6-4-7(10-11)9-5-3-8(12)13-2/h3-6H,1-2H3,(H,9,10)/b5-3+. The van der Waals surface area contributed by atoms with Crippen LogP contribution in [0.15, 0.2) is 24.5 Å². The number of anilines is 1. The summed E-state index contributed by atoms with van der Waals surface area (Å²) >= 11 is 0. The van der Waals surface area contributed by atoms with Gasteiger partial charge in [-0.2, -0.15) is 5.10 Å². The SMILES string of the molecule is COC(=O)/C=C/Nc1ccn(C)n1. The number of ether oxygens (including phenoxy) is 1. The van der Waals surface area contributed by atoms with Gasteiger partial charge in [0.1, 0.15) is 0 Å². The lowest BCUT2D eigenvalue weighted by atomic mass is 10.6. The van der Waals surface area contributed by atoms with Crippen LogP contribution in [0.5, 0.6) is 0 Å². The number of hydrogen-bond acceptors (Lipinski definition) is 4. The third-order valence-corrected chi connectivity index (χ3v) is 1.37. The summed E-state index contributed by atoms with van der Waals surface area (Å²) in [6.45, 7) is 0. The van der Waals surface area contributed by atoms with E-state index in [4.69, 9.17) is 0 Å². The van der Waals surface area contributed by atoms with Gasteiger partial charge in [-0.15, -0.1) is 0 Å². The predicted molar refractivity (Wildman–Crippen MR) is 48.0 cm³/mol. The first-order valence-corrected chi connectivity index (χ1v) is 3.73. The van der Waals surface area contributed by atoms with Crippen molar-refractivity contribution in [3.05, 3.63) is 24.5 Å². The molecule has 5 heteroatoms. The number of rotatable bonds is 3. The van der Waals surface area contributed by atoms with E-state index >= 15 is 0 Å². The fourth-order valence-electron chi connectivity index (χ4n) is 0.755. The van der Waals surface area contributed by atoms with Crippen LogP contribution in [0.1, 0.15) is 0 Å². The fraction of sp³-hybridized carbons (Fsp3) is 0.250. The Morgan fingerprint density at radius 2 is 2.54 bits per heavy atom. The highest BCUT2D eigenvalue weighted by Crippen LogP contribution is 1.99. The molecule has 0 atom stereocenters. The third-order valence-electron chi connectivity index (χ3n) is 1.37. The van der Waals surface area contributed by atoms with Crippen molar-refractivity contribution in [2.45, 2.75) is 0 Å². The summed E-state index contributed by atoms with van der Waals surface area (Å²) in [6.07, 6.45) is 4.57. The van der Waals surface area contributed by atoms with E-state index in [9.17, 15) is 4.79 Å². The Hall–Kier alpha value is -1.78. The summed E-state index contributed by atoms with van der Waals surface area (Å²) in [4.78, 5) is 10.6. The van der Waals surface area contributed by atoms with Gasteiger partial charge in [-0.25, -0.2) is 4.79 Å². The van der Waals surface area contributed by atoms with Crippen molar-refractivity contribution in [2.24, 2.45) is 7.05 Å². The third kappa shape index (κ3) is 2.98. The van der Waals surface area contributed by atoms with Crippen LogP contribution >= 0.6 is 0 Å². The molecule has 0 unspecified atom stereocenters. The molecule has 1 heterocycles. The van der Waals surface area contributed by atoms with Crippen molar-refractivity contribution >= 4 is 11.8 Å². The largest absolute Gasteiger partial charge is 0.466 e. The van der Waals surface area contributed by atoms with Crippen LogP contribution < -0.4 is 5.32 Å². The molecule has 70 valence electrons. The molecule has 1 aromatic heterocycles. The molecule has 13 heavy (non-hydrogen) atoms. The summed E-state index contributed by atoms with van der Waals surface area (Å²) in [6, 6.07) is 1.79. The van der Waals surface area contributed by atoms with Crippen LogP contribution in [0.4, 0.5) is 5.82 Å². The summed E-state index contributed by atoms with van der Waals surface area (Å²) in [5, 5.41) is 6.85. The summed E-state index contributed by atoms with van der Waals surface area (Å²) in [5.41, 5.74) is 0. The number of nitrogens with zero attached hydrogens (tertiary/aromatic N) is 2. The van der Waals surface area contributed by atoms with Crippen LogP contribution in [0.2, 0.25) is 0 Å². The van der Waals surface area contributed by atoms with E-state index < -0.39 is 5.97 Å². The number of carbonyl (C=O) groups is 1. The van der Waals surface area contributed by atoms with Crippen molar-refractivity contribution in [3.63, 3.8) is 0 Å². The lowest BCUT2D eigenvalue weighted by Crippen LogP contribution is -1.97. The molecule has 1 N–H and O–H groups in total. The lowest BCUT2D eigenvalue weighted by molar-refractivity contribution is -0.134. The Morgan fingerprint density at radius 3 is 3.08 bits per heavy atom. The number of methoxy groups -OCH3 is 1. The maximum absolute atomic E-state index is 10.6. The lowest BCUT2D eigenvalue weighted by Gasteiger charge is -1.93. The second-order valence-electron chi connectivity index (χ2n) is 2.38. The molecule has 0 bridgehead atoms. The predicted octanol–water partition coefficient (Wildman–Crippen LogP) is 0.519. The molecule has 0 aromatic carbocycles. The van der Waals surface area contributed by atoms with Crippen molar-refractivity contribution in [1.82, 2.24) is 9.78 Å². The summed E-state index contributed by atoms with van der Waals surface area (Å²) in [5.74, 6) is 0.283. The molecule has 0 fully saturated rings. The smallest absolute Gasteiger partial charge is 0.331 e. The van der Waals surface area contributed by atoms with Gasteiger partial charge in [-0.05, 0) is 0 Å². The van der Waals surface area contributed by atoms with Gasteiger partial charge in [0.15, 0.2) is 5.82 Å². The molecule has 0 saturated carbocycles. The van der Waals surface area contributed by atoms with Gasteiger partial charge in [0, 0.05) is 31.6 Å². The monoisotopic (exact) mass is 181 g/mol. The molecular weight excluding hydrogens is 170 g/mol. The summed E-state index contributed by atoms with van der Waals surface area (Å²) < 4.78 is 6.06. The Morgan fingerprint density at radius 1 is 1.77 bits per heavy atom. The number of aryl methyl sites for hydroxylation is 1. The van der Waals surface area contributed by atoms with Crippen molar-refractivity contribution in [3.8, 4) is 0 Å². The highest BCUT2D eigenvalue weighted by atomic mass is 16.5.